The standard InChI is InChI=1S/C15H14O3S2/c1-10-9-19-15(20-10)13(14(17)18)12(16)8-7-11-5-3-2-4-6-11/h2-8,10H,9H2,1H3,(H,17,18). The van der Waals surface area contributed by atoms with Crippen LogP contribution in [0.5, 0.6) is 0 Å². The van der Waals surface area contributed by atoms with Gasteiger partial charge in [0.05, 0.1) is 4.24 Å². The second kappa shape index (κ2) is 6.81. The van der Waals surface area contributed by atoms with E-state index in [4.69, 9.17) is 0 Å². The monoisotopic (exact) mass is 306 g/mol. The number of aliphatic carboxylic acids is 1. The van der Waals surface area contributed by atoms with E-state index in [0.717, 1.165) is 11.3 Å². The molecule has 20 heavy (non-hydrogen) atoms. The normalized spacial score (nSPS) is 21.1. The van der Waals surface area contributed by atoms with Gasteiger partial charge in [-0.25, -0.2) is 4.79 Å². The molecule has 1 aliphatic heterocycles. The first-order valence-corrected chi connectivity index (χ1v) is 7.99. The highest BCUT2D eigenvalue weighted by Crippen LogP contribution is 2.43. The summed E-state index contributed by atoms with van der Waals surface area (Å²) in [7, 11) is 0. The van der Waals surface area contributed by atoms with Gasteiger partial charge in [0, 0.05) is 11.0 Å². The van der Waals surface area contributed by atoms with Crippen molar-refractivity contribution in [3.05, 3.63) is 51.8 Å². The van der Waals surface area contributed by atoms with Gasteiger partial charge in [-0.1, -0.05) is 43.3 Å². The van der Waals surface area contributed by atoms with Crippen molar-refractivity contribution >= 4 is 41.4 Å². The van der Waals surface area contributed by atoms with Crippen molar-refractivity contribution in [3.63, 3.8) is 0 Å². The zero-order valence-corrected chi connectivity index (χ0v) is 12.5. The van der Waals surface area contributed by atoms with E-state index in [1.54, 1.807) is 6.08 Å². The number of benzene rings is 1. The molecule has 0 radical (unpaired) electrons. The molecule has 1 N–H and O–H groups in total. The van der Waals surface area contributed by atoms with Gasteiger partial charge in [-0.15, -0.1) is 23.5 Å². The number of hydrogen-bond donors (Lipinski definition) is 1. The van der Waals surface area contributed by atoms with Gasteiger partial charge in [0.1, 0.15) is 5.57 Å². The van der Waals surface area contributed by atoms with Crippen LogP contribution in [0.2, 0.25) is 0 Å². The first-order chi connectivity index (χ1) is 9.58. The lowest BCUT2D eigenvalue weighted by Crippen LogP contribution is -2.11. The van der Waals surface area contributed by atoms with Crippen LogP contribution in [0.25, 0.3) is 6.08 Å². The predicted molar refractivity (Wildman–Crippen MR) is 84.7 cm³/mol. The average Bonchev–Trinajstić information content (AvgIpc) is 2.83. The average molecular weight is 306 g/mol. The Labute approximate surface area is 126 Å². The third kappa shape index (κ3) is 3.77. The predicted octanol–water partition coefficient (Wildman–Crippen LogP) is 3.43. The van der Waals surface area contributed by atoms with Crippen molar-refractivity contribution in [1.29, 1.82) is 0 Å². The summed E-state index contributed by atoms with van der Waals surface area (Å²) in [6, 6.07) is 9.34. The van der Waals surface area contributed by atoms with Gasteiger partial charge in [-0.3, -0.25) is 4.79 Å². The van der Waals surface area contributed by atoms with Crippen LogP contribution in [0.3, 0.4) is 0 Å². The zero-order chi connectivity index (χ0) is 14.5. The largest absolute Gasteiger partial charge is 0.477 e. The molecule has 3 nitrogen and oxygen atoms in total. The molecular weight excluding hydrogens is 292 g/mol. The van der Waals surface area contributed by atoms with Crippen molar-refractivity contribution in [2.75, 3.05) is 5.75 Å². The van der Waals surface area contributed by atoms with Crippen LogP contribution < -0.4 is 0 Å². The Morgan fingerprint density at radius 3 is 2.55 bits per heavy atom. The lowest BCUT2D eigenvalue weighted by atomic mass is 10.1. The van der Waals surface area contributed by atoms with Crippen LogP contribution in [0.4, 0.5) is 0 Å². The quantitative estimate of drug-likeness (QED) is 0.525. The molecule has 104 valence electrons. The van der Waals surface area contributed by atoms with Gasteiger partial charge in [-0.05, 0) is 11.6 Å². The van der Waals surface area contributed by atoms with Gasteiger partial charge in [0.2, 0.25) is 0 Å². The topological polar surface area (TPSA) is 54.4 Å². The van der Waals surface area contributed by atoms with Crippen molar-refractivity contribution < 1.29 is 14.7 Å². The van der Waals surface area contributed by atoms with Crippen LogP contribution in [-0.4, -0.2) is 27.9 Å². The number of carbonyl (C=O) groups excluding carboxylic acids is 1. The summed E-state index contributed by atoms with van der Waals surface area (Å²) in [5.74, 6) is -0.769. The van der Waals surface area contributed by atoms with Crippen molar-refractivity contribution in [1.82, 2.24) is 0 Å². The minimum atomic E-state index is -1.16. The molecule has 1 aromatic rings. The maximum atomic E-state index is 12.1. The summed E-state index contributed by atoms with van der Waals surface area (Å²) in [6.45, 7) is 2.02. The number of hydrogen-bond acceptors (Lipinski definition) is 4. The minimum absolute atomic E-state index is 0.114. The number of ketones is 1. The molecule has 0 saturated carbocycles. The van der Waals surface area contributed by atoms with Crippen molar-refractivity contribution in [2.45, 2.75) is 12.2 Å². The Hall–Kier alpha value is -1.46. The highest BCUT2D eigenvalue weighted by molar-refractivity contribution is 8.25. The first-order valence-electron chi connectivity index (χ1n) is 6.12. The molecule has 0 bridgehead atoms. The molecular formula is C15H14O3S2. The second-order valence-corrected chi connectivity index (χ2v) is 7.05. The van der Waals surface area contributed by atoms with Gasteiger partial charge in [0.15, 0.2) is 5.78 Å². The molecule has 1 fully saturated rings. The number of thioether (sulfide) groups is 2. The minimum Gasteiger partial charge on any atom is -0.477 e. The molecule has 0 aliphatic carbocycles. The third-order valence-electron chi connectivity index (χ3n) is 2.65. The number of carboxylic acid groups (broad SMARTS) is 1. The maximum Gasteiger partial charge on any atom is 0.341 e. The molecule has 0 aromatic heterocycles. The Bertz CT molecular complexity index is 576. The summed E-state index contributed by atoms with van der Waals surface area (Å²) >= 11 is 2.90. The van der Waals surface area contributed by atoms with E-state index in [-0.39, 0.29) is 5.57 Å². The SMILES string of the molecule is CC1CSC(=C(C(=O)O)C(=O)C=Cc2ccccc2)S1. The fourth-order valence-electron chi connectivity index (χ4n) is 1.69. The highest BCUT2D eigenvalue weighted by Gasteiger charge is 2.27. The Balaban J connectivity index is 2.21. The zero-order valence-electron chi connectivity index (χ0n) is 10.9. The van der Waals surface area contributed by atoms with E-state index >= 15 is 0 Å². The summed E-state index contributed by atoms with van der Waals surface area (Å²) < 4.78 is 0.618. The van der Waals surface area contributed by atoms with E-state index in [2.05, 4.69) is 0 Å². The third-order valence-corrected chi connectivity index (χ3v) is 5.62. The van der Waals surface area contributed by atoms with E-state index in [1.807, 2.05) is 37.3 Å². The molecule has 1 saturated heterocycles. The van der Waals surface area contributed by atoms with Crippen LogP contribution in [0.15, 0.2) is 46.2 Å². The number of carboxylic acids is 1. The van der Waals surface area contributed by atoms with E-state index < -0.39 is 11.8 Å². The van der Waals surface area contributed by atoms with Crippen LogP contribution in [0.1, 0.15) is 12.5 Å². The smallest absolute Gasteiger partial charge is 0.341 e. The molecule has 0 spiro atoms. The molecule has 1 unspecified atom stereocenters. The van der Waals surface area contributed by atoms with Crippen LogP contribution in [-0.2, 0) is 9.59 Å². The Morgan fingerprint density at radius 1 is 1.30 bits per heavy atom. The van der Waals surface area contributed by atoms with E-state index in [0.29, 0.717) is 9.49 Å². The Kier molecular flexibility index (Phi) is 5.09. The molecule has 1 aromatic carbocycles. The van der Waals surface area contributed by atoms with Crippen LogP contribution >= 0.6 is 23.5 Å². The number of carbonyl (C=O) groups is 2. The van der Waals surface area contributed by atoms with Crippen molar-refractivity contribution in [2.24, 2.45) is 0 Å². The van der Waals surface area contributed by atoms with E-state index in [1.165, 1.54) is 29.6 Å². The number of rotatable bonds is 4. The fraction of sp³-hybridized carbons (Fsp3) is 0.200. The molecule has 2 rings (SSSR count). The van der Waals surface area contributed by atoms with E-state index in [9.17, 15) is 14.7 Å². The van der Waals surface area contributed by atoms with Crippen molar-refractivity contribution in [3.8, 4) is 0 Å². The number of allylic oxidation sites excluding steroid dienone is 1. The van der Waals surface area contributed by atoms with Gasteiger partial charge >= 0.3 is 5.97 Å². The summed E-state index contributed by atoms with van der Waals surface area (Å²) in [4.78, 5) is 23.4. The Morgan fingerprint density at radius 2 is 2.00 bits per heavy atom. The van der Waals surface area contributed by atoms with Crippen LogP contribution in [0, 0.1) is 0 Å². The summed E-state index contributed by atoms with van der Waals surface area (Å²) in [5.41, 5.74) is 0.757. The lowest BCUT2D eigenvalue weighted by Gasteiger charge is -2.02. The van der Waals surface area contributed by atoms with Gasteiger partial charge in [0.25, 0.3) is 0 Å². The first kappa shape index (κ1) is 14.9. The molecule has 1 heterocycles. The summed E-state index contributed by atoms with van der Waals surface area (Å²) in [6.07, 6.45) is 2.97. The molecule has 0 amide bonds. The van der Waals surface area contributed by atoms with Gasteiger partial charge < -0.3 is 5.11 Å². The molecule has 1 atom stereocenters. The molecule has 5 heteroatoms. The highest BCUT2D eigenvalue weighted by atomic mass is 32.2. The lowest BCUT2D eigenvalue weighted by molar-refractivity contribution is -0.134. The molecule has 1 aliphatic rings. The summed E-state index contributed by atoms with van der Waals surface area (Å²) in [5, 5.41) is 9.59. The second-order valence-electron chi connectivity index (χ2n) is 4.32. The fourth-order valence-corrected chi connectivity index (χ4v) is 4.52. The maximum absolute atomic E-state index is 12.1. The van der Waals surface area contributed by atoms with Gasteiger partial charge in [-0.2, -0.15) is 0 Å².